The first-order valence-corrected chi connectivity index (χ1v) is 5.78. The molecule has 1 N–H and O–H groups in total. The van der Waals surface area contributed by atoms with Crippen molar-refractivity contribution >= 4 is 23.1 Å². The van der Waals surface area contributed by atoms with Crippen LogP contribution in [-0.4, -0.2) is 20.9 Å². The van der Waals surface area contributed by atoms with E-state index in [1.807, 2.05) is 6.92 Å². The lowest BCUT2D eigenvalue weighted by Gasteiger charge is -2.13. The molecule has 7 heteroatoms. The van der Waals surface area contributed by atoms with Crippen LogP contribution in [0.25, 0.3) is 0 Å². The molecular weight excluding hydrogens is 256 g/mol. The van der Waals surface area contributed by atoms with Crippen LogP contribution in [0.5, 0.6) is 0 Å². The van der Waals surface area contributed by atoms with Crippen molar-refractivity contribution in [3.8, 4) is 12.3 Å². The molecule has 0 fully saturated rings. The van der Waals surface area contributed by atoms with Gasteiger partial charge in [0.2, 0.25) is 11.1 Å². The lowest BCUT2D eigenvalue weighted by atomic mass is 10.2. The van der Waals surface area contributed by atoms with Gasteiger partial charge < -0.3 is 5.32 Å². The third kappa shape index (κ3) is 3.31. The topological polar surface area (TPSA) is 81.0 Å². The minimum atomic E-state index is -0.548. The summed E-state index contributed by atoms with van der Waals surface area (Å²) in [4.78, 5) is 18.0. The van der Waals surface area contributed by atoms with Gasteiger partial charge in [0.1, 0.15) is 5.69 Å². The van der Waals surface area contributed by atoms with Gasteiger partial charge in [-0.15, -0.1) is 6.42 Å². The van der Waals surface area contributed by atoms with Gasteiger partial charge in [-0.2, -0.15) is 4.98 Å². The Morgan fingerprint density at radius 2 is 2.28 bits per heavy atom. The van der Waals surface area contributed by atoms with E-state index in [9.17, 15) is 10.1 Å². The van der Waals surface area contributed by atoms with E-state index < -0.39 is 4.92 Å². The van der Waals surface area contributed by atoms with Crippen LogP contribution in [-0.2, 0) is 0 Å². The Balaban J connectivity index is 3.14. The minimum Gasteiger partial charge on any atom is -0.351 e. The number of aryl methyl sites for hydroxylation is 1. The molecule has 0 saturated carbocycles. The quantitative estimate of drug-likeness (QED) is 0.384. The van der Waals surface area contributed by atoms with Gasteiger partial charge >= 0.3 is 5.69 Å². The van der Waals surface area contributed by atoms with Gasteiger partial charge in [0.05, 0.1) is 11.0 Å². The van der Waals surface area contributed by atoms with Crippen molar-refractivity contribution in [3.05, 3.63) is 21.1 Å². The molecule has 1 aromatic rings. The largest absolute Gasteiger partial charge is 0.351 e. The number of hydrogen-bond acceptors (Lipinski definition) is 5. The zero-order chi connectivity index (χ0) is 13.7. The molecule has 0 radical (unpaired) electrons. The Morgan fingerprint density at radius 3 is 2.78 bits per heavy atom. The number of nitro groups is 1. The van der Waals surface area contributed by atoms with E-state index in [1.165, 1.54) is 6.92 Å². The summed E-state index contributed by atoms with van der Waals surface area (Å²) in [7, 11) is 0. The second-order valence-corrected chi connectivity index (χ2v) is 4.02. The zero-order valence-electron chi connectivity index (χ0n) is 10.1. The molecule has 0 aliphatic rings. The third-order valence-electron chi connectivity index (χ3n) is 2.30. The molecule has 18 heavy (non-hydrogen) atoms. The second-order valence-electron chi connectivity index (χ2n) is 3.68. The number of hydrogen-bond donors (Lipinski definition) is 1. The number of nitrogens with one attached hydrogen (secondary N) is 1. The first-order valence-electron chi connectivity index (χ1n) is 5.40. The Hall–Kier alpha value is -1.87. The van der Waals surface area contributed by atoms with Crippen LogP contribution < -0.4 is 5.32 Å². The predicted molar refractivity (Wildman–Crippen MR) is 69.6 cm³/mol. The number of nitrogens with zero attached hydrogens (tertiary/aromatic N) is 3. The fourth-order valence-electron chi connectivity index (χ4n) is 1.50. The highest BCUT2D eigenvalue weighted by atomic mass is 35.5. The van der Waals surface area contributed by atoms with Gasteiger partial charge in [-0.1, -0.05) is 19.3 Å². The van der Waals surface area contributed by atoms with E-state index in [-0.39, 0.29) is 28.5 Å². The number of rotatable bonds is 5. The van der Waals surface area contributed by atoms with E-state index >= 15 is 0 Å². The van der Waals surface area contributed by atoms with Crippen LogP contribution in [0.15, 0.2) is 0 Å². The van der Waals surface area contributed by atoms with E-state index in [1.54, 1.807) is 0 Å². The molecule has 1 aromatic heterocycles. The summed E-state index contributed by atoms with van der Waals surface area (Å²) in [5.74, 6) is 2.58. The fraction of sp³-hybridized carbons (Fsp3) is 0.455. The van der Waals surface area contributed by atoms with Crippen LogP contribution in [0.1, 0.15) is 25.5 Å². The number of aromatic nitrogens is 2. The van der Waals surface area contributed by atoms with Crippen molar-refractivity contribution < 1.29 is 4.92 Å². The van der Waals surface area contributed by atoms with Gasteiger partial charge in [0, 0.05) is 0 Å². The molecule has 1 atom stereocenters. The molecule has 0 aliphatic heterocycles. The van der Waals surface area contributed by atoms with Gasteiger partial charge in [-0.3, -0.25) is 10.1 Å². The minimum absolute atomic E-state index is 0.0483. The number of halogens is 1. The van der Waals surface area contributed by atoms with E-state index in [2.05, 4.69) is 21.2 Å². The second kappa shape index (κ2) is 6.17. The summed E-state index contributed by atoms with van der Waals surface area (Å²) < 4.78 is 0. The molecule has 0 aliphatic carbocycles. The van der Waals surface area contributed by atoms with Crippen LogP contribution in [0, 0.1) is 29.4 Å². The molecule has 6 nitrogen and oxygen atoms in total. The molecule has 0 bridgehead atoms. The fourth-order valence-corrected chi connectivity index (χ4v) is 1.71. The number of terminal acetylenes is 1. The molecule has 1 unspecified atom stereocenters. The van der Waals surface area contributed by atoms with E-state index in [4.69, 9.17) is 18.0 Å². The van der Waals surface area contributed by atoms with Crippen molar-refractivity contribution in [1.29, 1.82) is 0 Å². The van der Waals surface area contributed by atoms with Gasteiger partial charge in [-0.25, -0.2) is 4.98 Å². The Bertz CT molecular complexity index is 499. The summed E-state index contributed by atoms with van der Waals surface area (Å²) in [6.07, 6.45) is 6.89. The Kier molecular flexibility index (Phi) is 4.86. The molecule has 0 saturated heterocycles. The van der Waals surface area contributed by atoms with Crippen molar-refractivity contribution in [2.45, 2.75) is 32.7 Å². The summed E-state index contributed by atoms with van der Waals surface area (Å²) in [5.41, 5.74) is 0.00511. The highest BCUT2D eigenvalue weighted by molar-refractivity contribution is 6.28. The maximum Gasteiger partial charge on any atom is 0.332 e. The highest BCUT2D eigenvalue weighted by Gasteiger charge is 2.23. The SMILES string of the molecule is C#CC(CCC)Nc1nc(Cl)nc(C)c1[N+](=O)[O-]. The molecule has 0 amide bonds. The Morgan fingerprint density at radius 1 is 1.61 bits per heavy atom. The lowest BCUT2D eigenvalue weighted by molar-refractivity contribution is -0.385. The third-order valence-corrected chi connectivity index (χ3v) is 2.47. The first kappa shape index (κ1) is 14.2. The number of anilines is 1. The van der Waals surface area contributed by atoms with Gasteiger partial charge in [0.15, 0.2) is 0 Å². The van der Waals surface area contributed by atoms with Crippen molar-refractivity contribution in [1.82, 2.24) is 9.97 Å². The lowest BCUT2D eigenvalue weighted by Crippen LogP contribution is -2.19. The average Bonchev–Trinajstić information content (AvgIpc) is 2.26. The smallest absolute Gasteiger partial charge is 0.332 e. The van der Waals surface area contributed by atoms with Crippen LogP contribution >= 0.6 is 11.6 Å². The summed E-state index contributed by atoms with van der Waals surface area (Å²) in [5, 5.41) is 13.8. The van der Waals surface area contributed by atoms with Crippen molar-refractivity contribution in [3.63, 3.8) is 0 Å². The summed E-state index contributed by atoms with van der Waals surface area (Å²) >= 11 is 5.69. The molecule has 96 valence electrons. The van der Waals surface area contributed by atoms with Crippen molar-refractivity contribution in [2.24, 2.45) is 0 Å². The highest BCUT2D eigenvalue weighted by Crippen LogP contribution is 2.27. The zero-order valence-corrected chi connectivity index (χ0v) is 10.9. The molecular formula is C11H13ClN4O2. The van der Waals surface area contributed by atoms with Gasteiger partial charge in [-0.05, 0) is 24.9 Å². The molecule has 1 rings (SSSR count). The molecule has 0 aromatic carbocycles. The maximum absolute atomic E-state index is 11.0. The summed E-state index contributed by atoms with van der Waals surface area (Å²) in [6.45, 7) is 3.47. The van der Waals surface area contributed by atoms with E-state index in [0.717, 1.165) is 6.42 Å². The summed E-state index contributed by atoms with van der Waals surface area (Å²) in [6, 6.07) is -0.320. The Labute approximate surface area is 110 Å². The van der Waals surface area contributed by atoms with E-state index in [0.29, 0.717) is 6.42 Å². The monoisotopic (exact) mass is 268 g/mol. The standard InChI is InChI=1S/C11H13ClN4O2/c1-4-6-8(5-2)14-10-9(16(17)18)7(3)13-11(12)15-10/h2,8H,4,6H2,1,3H3,(H,13,14,15). The molecule has 0 spiro atoms. The van der Waals surface area contributed by atoms with Crippen LogP contribution in [0.2, 0.25) is 5.28 Å². The van der Waals surface area contributed by atoms with Crippen LogP contribution in [0.4, 0.5) is 11.5 Å². The van der Waals surface area contributed by atoms with Gasteiger partial charge in [0.25, 0.3) is 0 Å². The average molecular weight is 269 g/mol. The van der Waals surface area contributed by atoms with Crippen molar-refractivity contribution in [2.75, 3.05) is 5.32 Å². The molecule has 1 heterocycles. The maximum atomic E-state index is 11.0. The van der Waals surface area contributed by atoms with Crippen LogP contribution in [0.3, 0.4) is 0 Å². The predicted octanol–water partition coefficient (Wildman–Crippen LogP) is 2.56. The normalized spacial score (nSPS) is 11.7. The first-order chi connectivity index (χ1) is 8.49.